The van der Waals surface area contributed by atoms with Crippen LogP contribution in [0.25, 0.3) is 0 Å². The standard InChI is InChI=1S/C8H15NO3S/c1-7(8(10)11)6-9-2-4-13(12)5-3-9/h7H,2-6H2,1H3,(H,10,11). The second kappa shape index (κ2) is 4.72. The molecule has 13 heavy (non-hydrogen) atoms. The van der Waals surface area contributed by atoms with Gasteiger partial charge in [0.25, 0.3) is 0 Å². The van der Waals surface area contributed by atoms with E-state index in [-0.39, 0.29) is 5.92 Å². The molecular weight excluding hydrogens is 190 g/mol. The predicted molar refractivity (Wildman–Crippen MR) is 51.1 cm³/mol. The Morgan fingerprint density at radius 2 is 2.08 bits per heavy atom. The Balaban J connectivity index is 2.30. The minimum atomic E-state index is -0.758. The zero-order valence-electron chi connectivity index (χ0n) is 7.73. The van der Waals surface area contributed by atoms with Gasteiger partial charge in [0.1, 0.15) is 0 Å². The van der Waals surface area contributed by atoms with Gasteiger partial charge in [0.15, 0.2) is 0 Å². The van der Waals surface area contributed by atoms with Crippen LogP contribution < -0.4 is 0 Å². The Bertz CT molecular complexity index is 209. The fraction of sp³-hybridized carbons (Fsp3) is 0.875. The molecule has 5 heteroatoms. The highest BCUT2D eigenvalue weighted by Gasteiger charge is 2.19. The van der Waals surface area contributed by atoms with E-state index in [0.717, 1.165) is 13.1 Å². The lowest BCUT2D eigenvalue weighted by Crippen LogP contribution is -2.41. The van der Waals surface area contributed by atoms with E-state index >= 15 is 0 Å². The lowest BCUT2D eigenvalue weighted by atomic mass is 10.2. The molecule has 0 radical (unpaired) electrons. The quantitative estimate of drug-likeness (QED) is 0.691. The Hall–Kier alpha value is -0.420. The molecule has 1 aliphatic rings. The molecule has 0 aromatic carbocycles. The van der Waals surface area contributed by atoms with Gasteiger partial charge in [-0.15, -0.1) is 0 Å². The van der Waals surface area contributed by atoms with Crippen LogP contribution in [0.1, 0.15) is 6.92 Å². The van der Waals surface area contributed by atoms with Gasteiger partial charge in [-0.25, -0.2) is 0 Å². The number of carboxylic acid groups (broad SMARTS) is 1. The third-order valence-corrected chi connectivity index (χ3v) is 3.50. The van der Waals surface area contributed by atoms with E-state index in [9.17, 15) is 9.00 Å². The van der Waals surface area contributed by atoms with E-state index in [0.29, 0.717) is 18.1 Å². The first-order valence-corrected chi connectivity index (χ1v) is 5.88. The van der Waals surface area contributed by atoms with Gasteiger partial charge in [0, 0.05) is 41.9 Å². The van der Waals surface area contributed by atoms with Crippen molar-refractivity contribution in [3.05, 3.63) is 0 Å². The largest absolute Gasteiger partial charge is 0.481 e. The van der Waals surface area contributed by atoms with Gasteiger partial charge in [0.2, 0.25) is 0 Å². The fourth-order valence-electron chi connectivity index (χ4n) is 1.32. The molecular formula is C8H15NO3S. The monoisotopic (exact) mass is 205 g/mol. The van der Waals surface area contributed by atoms with Crippen LogP contribution in [-0.4, -0.2) is 51.3 Å². The fourth-order valence-corrected chi connectivity index (χ4v) is 2.45. The lowest BCUT2D eigenvalue weighted by molar-refractivity contribution is -0.141. The maximum absolute atomic E-state index is 11.0. The van der Waals surface area contributed by atoms with E-state index in [1.807, 2.05) is 0 Å². The number of nitrogens with zero attached hydrogens (tertiary/aromatic N) is 1. The number of hydrogen-bond acceptors (Lipinski definition) is 3. The topological polar surface area (TPSA) is 57.6 Å². The smallest absolute Gasteiger partial charge is 0.307 e. The van der Waals surface area contributed by atoms with Crippen molar-refractivity contribution in [3.63, 3.8) is 0 Å². The summed E-state index contributed by atoms with van der Waals surface area (Å²) in [7, 11) is -0.676. The molecule has 1 atom stereocenters. The summed E-state index contributed by atoms with van der Waals surface area (Å²) < 4.78 is 11.0. The second-order valence-electron chi connectivity index (χ2n) is 3.39. The zero-order valence-corrected chi connectivity index (χ0v) is 8.55. The van der Waals surface area contributed by atoms with Crippen molar-refractivity contribution in [2.24, 2.45) is 5.92 Å². The number of carboxylic acids is 1. The molecule has 0 spiro atoms. The summed E-state index contributed by atoms with van der Waals surface area (Å²) in [5.74, 6) is 0.289. The average molecular weight is 205 g/mol. The highest BCUT2D eigenvalue weighted by atomic mass is 32.2. The first-order chi connectivity index (χ1) is 6.09. The van der Waals surface area contributed by atoms with Crippen molar-refractivity contribution < 1.29 is 14.1 Å². The van der Waals surface area contributed by atoms with Crippen LogP contribution in [0.5, 0.6) is 0 Å². The molecule has 0 saturated carbocycles. The minimum absolute atomic E-state index is 0.327. The summed E-state index contributed by atoms with van der Waals surface area (Å²) in [5.41, 5.74) is 0. The molecule has 0 amide bonds. The van der Waals surface area contributed by atoms with Crippen LogP contribution in [-0.2, 0) is 15.6 Å². The van der Waals surface area contributed by atoms with E-state index in [1.54, 1.807) is 6.92 Å². The lowest BCUT2D eigenvalue weighted by Gasteiger charge is -2.27. The molecule has 4 nitrogen and oxygen atoms in total. The van der Waals surface area contributed by atoms with Gasteiger partial charge in [-0.1, -0.05) is 6.92 Å². The molecule has 1 aliphatic heterocycles. The van der Waals surface area contributed by atoms with Crippen molar-refractivity contribution in [1.29, 1.82) is 0 Å². The first-order valence-electron chi connectivity index (χ1n) is 4.39. The summed E-state index contributed by atoms with van der Waals surface area (Å²) in [6.07, 6.45) is 0. The van der Waals surface area contributed by atoms with Crippen LogP contribution in [0, 0.1) is 5.92 Å². The zero-order chi connectivity index (χ0) is 9.84. The third-order valence-electron chi connectivity index (χ3n) is 2.22. The normalized spacial score (nSPS) is 22.8. The molecule has 1 unspecified atom stereocenters. The second-order valence-corrected chi connectivity index (χ2v) is 5.08. The predicted octanol–water partition coefficient (Wildman–Crippen LogP) is -0.229. The van der Waals surface area contributed by atoms with Gasteiger partial charge < -0.3 is 10.0 Å². The van der Waals surface area contributed by atoms with Crippen molar-refractivity contribution in [2.45, 2.75) is 6.92 Å². The molecule has 1 saturated heterocycles. The van der Waals surface area contributed by atoms with E-state index in [4.69, 9.17) is 5.11 Å². The van der Waals surface area contributed by atoms with E-state index in [1.165, 1.54) is 0 Å². The molecule has 0 bridgehead atoms. The van der Waals surface area contributed by atoms with E-state index in [2.05, 4.69) is 4.90 Å². The van der Waals surface area contributed by atoms with Crippen molar-refractivity contribution in [2.75, 3.05) is 31.1 Å². The molecule has 0 aromatic rings. The van der Waals surface area contributed by atoms with Gasteiger partial charge >= 0.3 is 5.97 Å². The number of aliphatic carboxylic acids is 1. The molecule has 1 N–H and O–H groups in total. The Kier molecular flexibility index (Phi) is 3.87. The van der Waals surface area contributed by atoms with Crippen LogP contribution in [0.2, 0.25) is 0 Å². The van der Waals surface area contributed by atoms with Crippen molar-refractivity contribution in [1.82, 2.24) is 4.90 Å². The molecule has 0 aromatic heterocycles. The third kappa shape index (κ3) is 3.44. The maximum atomic E-state index is 11.0. The summed E-state index contributed by atoms with van der Waals surface area (Å²) >= 11 is 0. The van der Waals surface area contributed by atoms with Gasteiger partial charge in [-0.3, -0.25) is 9.00 Å². The highest BCUT2D eigenvalue weighted by Crippen LogP contribution is 2.04. The van der Waals surface area contributed by atoms with Gasteiger partial charge in [-0.2, -0.15) is 0 Å². The molecule has 1 heterocycles. The van der Waals surface area contributed by atoms with Gasteiger partial charge in [-0.05, 0) is 0 Å². The summed E-state index contributed by atoms with van der Waals surface area (Å²) in [6, 6.07) is 0. The van der Waals surface area contributed by atoms with E-state index < -0.39 is 16.8 Å². The number of hydrogen-bond donors (Lipinski definition) is 1. The van der Waals surface area contributed by atoms with Crippen molar-refractivity contribution >= 4 is 16.8 Å². The summed E-state index contributed by atoms with van der Waals surface area (Å²) in [6.45, 7) is 3.81. The Morgan fingerprint density at radius 3 is 2.54 bits per heavy atom. The van der Waals surface area contributed by atoms with Crippen LogP contribution in [0.3, 0.4) is 0 Å². The molecule has 1 rings (SSSR count). The molecule has 1 fully saturated rings. The molecule has 0 aliphatic carbocycles. The summed E-state index contributed by atoms with van der Waals surface area (Å²) in [5, 5.41) is 8.68. The maximum Gasteiger partial charge on any atom is 0.307 e. The average Bonchev–Trinajstić information content (AvgIpc) is 2.08. The van der Waals surface area contributed by atoms with Crippen LogP contribution in [0.15, 0.2) is 0 Å². The van der Waals surface area contributed by atoms with Crippen molar-refractivity contribution in [3.8, 4) is 0 Å². The molecule has 76 valence electrons. The van der Waals surface area contributed by atoms with Crippen LogP contribution >= 0.6 is 0 Å². The number of carbonyl (C=O) groups is 1. The van der Waals surface area contributed by atoms with Gasteiger partial charge in [0.05, 0.1) is 5.92 Å². The first kappa shape index (κ1) is 10.7. The Labute approximate surface area is 80.4 Å². The minimum Gasteiger partial charge on any atom is -0.481 e. The number of rotatable bonds is 3. The highest BCUT2D eigenvalue weighted by molar-refractivity contribution is 7.85. The Morgan fingerprint density at radius 1 is 1.54 bits per heavy atom. The van der Waals surface area contributed by atoms with Crippen LogP contribution in [0.4, 0.5) is 0 Å². The summed E-state index contributed by atoms with van der Waals surface area (Å²) in [4.78, 5) is 12.6. The SMILES string of the molecule is CC(CN1CCS(=O)CC1)C(=O)O.